The molecule has 2 saturated heterocycles. The highest BCUT2D eigenvalue weighted by Gasteiger charge is 2.67. The predicted molar refractivity (Wildman–Crippen MR) is 297 cm³/mol. The smallest absolute Gasteiger partial charge is 0.237 e. The summed E-state index contributed by atoms with van der Waals surface area (Å²) >= 11 is 25.1. The van der Waals surface area contributed by atoms with Crippen molar-refractivity contribution in [3.8, 4) is 0 Å². The molecule has 0 aromatic heterocycles. The molecule has 4 aliphatic heterocycles. The summed E-state index contributed by atoms with van der Waals surface area (Å²) < 4.78 is 31.6. The lowest BCUT2D eigenvalue weighted by Gasteiger charge is -2.38. The van der Waals surface area contributed by atoms with Crippen molar-refractivity contribution in [1.82, 2.24) is 10.6 Å². The van der Waals surface area contributed by atoms with E-state index in [-0.39, 0.29) is 79.4 Å². The van der Waals surface area contributed by atoms with Crippen LogP contribution in [0, 0.1) is 34.3 Å². The highest BCUT2D eigenvalue weighted by Crippen LogP contribution is 2.59. The van der Waals surface area contributed by atoms with Gasteiger partial charge in [0.05, 0.1) is 34.3 Å². The lowest BCUT2D eigenvalue weighted by Crippen LogP contribution is -2.49. The molecule has 8 atom stereocenters. The number of ketones is 2. The fourth-order valence-electron chi connectivity index (χ4n) is 13.9. The maximum absolute atomic E-state index is 15.8. The Labute approximate surface area is 465 Å². The SMILES string of the molecule is CC(C)(C)C[C@@H]1N[C@H](C(=O)CC2CCC(O)CC2)[C@@H](c2cccc(Cl)c2F)[C@]12C(=O)Nc1cc(Cl)ccc12.CC(C)(C)C[C@H]1N[C@H](C(=O)CC2CCC(O)CC2)[C@@H](c2cccc(Cl)c2F)[C@@]12C(=O)Nc1cc(Cl)ccc12. The van der Waals surface area contributed by atoms with Crippen molar-refractivity contribution in [3.63, 3.8) is 0 Å². The van der Waals surface area contributed by atoms with Crippen molar-refractivity contribution in [2.45, 2.75) is 178 Å². The zero-order valence-electron chi connectivity index (χ0n) is 44.0. The average molecular weight is 1120 g/mol. The van der Waals surface area contributed by atoms with Crippen molar-refractivity contribution in [2.75, 3.05) is 10.6 Å². The second-order valence-corrected chi connectivity index (χ2v) is 26.6. The minimum Gasteiger partial charge on any atom is -0.393 e. The molecule has 16 heteroatoms. The summed E-state index contributed by atoms with van der Waals surface area (Å²) in [6.45, 7) is 12.6. The molecule has 4 aromatic carbocycles. The second kappa shape index (κ2) is 21.9. The summed E-state index contributed by atoms with van der Waals surface area (Å²) in [7, 11) is 0. The highest BCUT2D eigenvalue weighted by atomic mass is 35.5. The first-order valence-corrected chi connectivity index (χ1v) is 28.4. The fraction of sp³-hybridized carbons (Fsp3) is 0.533. The minimum absolute atomic E-state index is 0.0400. The Morgan fingerprint density at radius 3 is 1.26 bits per heavy atom. The lowest BCUT2D eigenvalue weighted by molar-refractivity contribution is -0.125. The van der Waals surface area contributed by atoms with E-state index in [1.54, 1.807) is 48.5 Å². The van der Waals surface area contributed by atoms with E-state index in [4.69, 9.17) is 46.4 Å². The molecule has 2 spiro atoms. The first-order chi connectivity index (χ1) is 35.8. The molecule has 0 unspecified atom stereocenters. The van der Waals surface area contributed by atoms with Gasteiger partial charge in [-0.1, -0.05) is 124 Å². The van der Waals surface area contributed by atoms with Gasteiger partial charge in [-0.3, -0.25) is 19.2 Å². The summed E-state index contributed by atoms with van der Waals surface area (Å²) in [6.07, 6.45) is 6.96. The van der Waals surface area contributed by atoms with Crippen LogP contribution in [0.15, 0.2) is 72.8 Å². The van der Waals surface area contributed by atoms with E-state index < -0.39 is 58.5 Å². The second-order valence-electron chi connectivity index (χ2n) is 24.9. The van der Waals surface area contributed by atoms with Crippen LogP contribution in [-0.2, 0) is 30.0 Å². The first-order valence-electron chi connectivity index (χ1n) is 26.9. The van der Waals surface area contributed by atoms with Gasteiger partial charge in [0.2, 0.25) is 11.8 Å². The van der Waals surface area contributed by atoms with E-state index in [2.05, 4.69) is 62.8 Å². The minimum atomic E-state index is -1.23. The maximum atomic E-state index is 15.8. The number of rotatable bonds is 10. The van der Waals surface area contributed by atoms with E-state index in [1.807, 2.05) is 12.1 Å². The first kappa shape index (κ1) is 56.7. The number of fused-ring (bicyclic) bond motifs is 4. The number of carbonyl (C=O) groups is 4. The van der Waals surface area contributed by atoms with E-state index in [9.17, 15) is 29.4 Å². The molecule has 6 aliphatic rings. The summed E-state index contributed by atoms with van der Waals surface area (Å²) in [5.74, 6) is -3.14. The van der Waals surface area contributed by atoms with Gasteiger partial charge in [0.15, 0.2) is 11.6 Å². The van der Waals surface area contributed by atoms with Crippen LogP contribution < -0.4 is 21.3 Å². The number of anilines is 2. The third-order valence-electron chi connectivity index (χ3n) is 17.2. The number of hydrogen-bond donors (Lipinski definition) is 6. The van der Waals surface area contributed by atoms with Gasteiger partial charge < -0.3 is 31.5 Å². The number of benzene rings is 4. The van der Waals surface area contributed by atoms with Crippen LogP contribution in [0.5, 0.6) is 0 Å². The lowest BCUT2D eigenvalue weighted by atomic mass is 9.62. The number of nitrogens with one attached hydrogen (secondary N) is 4. The van der Waals surface area contributed by atoms with Gasteiger partial charge >= 0.3 is 0 Å². The highest BCUT2D eigenvalue weighted by molar-refractivity contribution is 6.32. The Bertz CT molecular complexity index is 2700. The largest absolute Gasteiger partial charge is 0.393 e. The van der Waals surface area contributed by atoms with Gasteiger partial charge in [0.1, 0.15) is 22.5 Å². The molecule has 4 heterocycles. The van der Waals surface area contributed by atoms with Crippen LogP contribution in [0.3, 0.4) is 0 Å². The number of hydrogen-bond acceptors (Lipinski definition) is 8. The fourth-order valence-corrected chi connectivity index (χ4v) is 14.6. The molecule has 10 rings (SSSR count). The van der Waals surface area contributed by atoms with Crippen LogP contribution in [-0.4, -0.2) is 70.0 Å². The Morgan fingerprint density at radius 1 is 0.566 bits per heavy atom. The van der Waals surface area contributed by atoms with Gasteiger partial charge in [-0.2, -0.15) is 0 Å². The van der Waals surface area contributed by atoms with Crippen molar-refractivity contribution in [2.24, 2.45) is 22.7 Å². The predicted octanol–water partition coefficient (Wildman–Crippen LogP) is 12.8. The molecule has 6 N–H and O–H groups in total. The molecule has 2 aliphatic carbocycles. The zero-order valence-corrected chi connectivity index (χ0v) is 47.0. The van der Waals surface area contributed by atoms with E-state index in [0.29, 0.717) is 83.9 Å². The summed E-state index contributed by atoms with van der Waals surface area (Å²) in [5, 5.41) is 33.9. The molecule has 2 saturated carbocycles. The molecule has 2 amide bonds. The number of aliphatic hydroxyl groups is 2. The molecular weight excluding hydrogens is 1050 g/mol. The van der Waals surface area contributed by atoms with E-state index in [0.717, 1.165) is 25.7 Å². The summed E-state index contributed by atoms with van der Waals surface area (Å²) in [6, 6.07) is 17.7. The molecule has 0 bridgehead atoms. The Kier molecular flexibility index (Phi) is 16.4. The number of halogens is 6. The number of carbonyl (C=O) groups excluding carboxylic acids is 4. The van der Waals surface area contributed by atoms with Gasteiger partial charge in [-0.15, -0.1) is 0 Å². The Hall–Kier alpha value is -3.98. The molecule has 408 valence electrons. The Balaban J connectivity index is 0.000000186. The van der Waals surface area contributed by atoms with Crippen LogP contribution in [0.25, 0.3) is 0 Å². The van der Waals surface area contributed by atoms with Gasteiger partial charge in [0, 0.05) is 58.2 Å². The van der Waals surface area contributed by atoms with Crippen molar-refractivity contribution < 1.29 is 38.2 Å². The standard InChI is InChI=1S/2C30H35Cl2FN2O3/c2*1-29(2,3)15-24-30(20-12-9-17(31)14-22(20)34-28(30)38)25(19-5-4-6-21(32)26(19)33)27(35-24)23(37)13-16-7-10-18(36)11-8-16/h2*4-6,9,12,14,16,18,24-25,27,35-36H,7-8,10-11,13,15H2,1-3H3,(H,34,38)/t16?,18?,24-,25+,27+,30+;16?,18?,24-,25-,27-,30+/m01/s1. The van der Waals surface area contributed by atoms with Crippen molar-refractivity contribution in [1.29, 1.82) is 0 Å². The average Bonchev–Trinajstić information content (AvgIpc) is 4.10. The molecule has 10 nitrogen and oxygen atoms in total. The number of Topliss-reactive ketones (excluding diaryl/α,β-unsaturated/α-hetero) is 2. The maximum Gasteiger partial charge on any atom is 0.237 e. The third-order valence-corrected chi connectivity index (χ3v) is 18.2. The normalized spacial score (nSPS) is 30.9. The Morgan fingerprint density at radius 2 is 0.921 bits per heavy atom. The molecule has 76 heavy (non-hydrogen) atoms. The summed E-state index contributed by atoms with van der Waals surface area (Å²) in [4.78, 5) is 56.4. The topological polar surface area (TPSA) is 157 Å². The van der Waals surface area contributed by atoms with Crippen LogP contribution in [0.1, 0.15) is 153 Å². The number of amides is 2. The monoisotopic (exact) mass is 1120 g/mol. The zero-order chi connectivity index (χ0) is 54.8. The van der Waals surface area contributed by atoms with Gasteiger partial charge in [-0.05, 0) is 146 Å². The van der Waals surface area contributed by atoms with Crippen LogP contribution >= 0.6 is 46.4 Å². The molecule has 4 aromatic rings. The summed E-state index contributed by atoms with van der Waals surface area (Å²) in [5.41, 5.74) is 0.292. The van der Waals surface area contributed by atoms with E-state index >= 15 is 8.78 Å². The van der Waals surface area contributed by atoms with Gasteiger partial charge in [-0.25, -0.2) is 8.78 Å². The molecule has 0 radical (unpaired) electrons. The van der Waals surface area contributed by atoms with Crippen LogP contribution in [0.2, 0.25) is 20.1 Å². The van der Waals surface area contributed by atoms with Crippen molar-refractivity contribution >= 4 is 81.2 Å². The third kappa shape index (κ3) is 10.8. The van der Waals surface area contributed by atoms with Crippen LogP contribution in [0.4, 0.5) is 20.2 Å². The molecule has 4 fully saturated rings. The quantitative estimate of drug-likeness (QED) is 0.0917. The van der Waals surface area contributed by atoms with Gasteiger partial charge in [0.25, 0.3) is 0 Å². The van der Waals surface area contributed by atoms with Crippen molar-refractivity contribution in [3.05, 3.63) is 127 Å². The number of aliphatic hydroxyl groups excluding tert-OH is 2. The van der Waals surface area contributed by atoms with E-state index in [1.165, 1.54) is 12.1 Å². The molecular formula is C60H70Cl4F2N4O6.